The fraction of sp³-hybridized carbons (Fsp3) is 0.667. The molecule has 3 rings (SSSR count). The van der Waals surface area contributed by atoms with Crippen molar-refractivity contribution in [3.05, 3.63) is 35.9 Å². The third-order valence-electron chi connectivity index (χ3n) is 6.15. The molecule has 1 nitrogen and oxygen atoms in total. The minimum atomic E-state index is -1.15. The van der Waals surface area contributed by atoms with Crippen LogP contribution in [0.25, 0.3) is 0 Å². The van der Waals surface area contributed by atoms with Crippen molar-refractivity contribution in [2.75, 3.05) is 0 Å². The van der Waals surface area contributed by atoms with Crippen LogP contribution in [0.15, 0.2) is 30.3 Å². The zero-order valence-electron chi connectivity index (χ0n) is 13.3. The number of aliphatic hydroxyl groups excluding tert-OH is 1. The van der Waals surface area contributed by atoms with Gasteiger partial charge in [-0.15, -0.1) is 0 Å². The van der Waals surface area contributed by atoms with Crippen molar-refractivity contribution in [3.8, 4) is 0 Å². The quantitative estimate of drug-likeness (QED) is 0.659. The Morgan fingerprint density at radius 2 is 1.90 bits per heavy atom. The number of fused-ring (bicyclic) bond motifs is 2. The molecule has 118 valence electrons. The summed E-state index contributed by atoms with van der Waals surface area (Å²) in [5, 5.41) is 10.6. The summed E-state index contributed by atoms with van der Waals surface area (Å²) in [5.74, 6) is 0.765. The van der Waals surface area contributed by atoms with E-state index < -0.39 is 19.6 Å². The molecule has 0 amide bonds. The Balaban J connectivity index is 0.00000161. The van der Waals surface area contributed by atoms with Gasteiger partial charge in [-0.2, -0.15) is 0 Å². The summed E-state index contributed by atoms with van der Waals surface area (Å²) in [6, 6.07) is 10.9. The normalized spacial score (nSPS) is 33.2. The monoisotopic (exact) mass is 468 g/mol. The number of halogens is 1. The second kappa shape index (κ2) is 6.52. The Morgan fingerprint density at radius 1 is 1.24 bits per heavy atom. The van der Waals surface area contributed by atoms with Gasteiger partial charge in [-0.3, -0.25) is 0 Å². The van der Waals surface area contributed by atoms with E-state index in [4.69, 9.17) is 0 Å². The maximum Gasteiger partial charge on any atom is -1.00 e. The first kappa shape index (κ1) is 17.8. The summed E-state index contributed by atoms with van der Waals surface area (Å²) < 4.78 is 2.65. The van der Waals surface area contributed by atoms with Crippen LogP contribution in [0.5, 0.6) is 0 Å². The first-order chi connectivity index (χ1) is 9.46. The Morgan fingerprint density at radius 3 is 2.43 bits per heavy atom. The molecule has 3 unspecified atom stereocenters. The largest absolute Gasteiger partial charge is 1.00 e. The van der Waals surface area contributed by atoms with Crippen LogP contribution in [-0.2, 0) is 4.47 Å². The maximum atomic E-state index is 10.6. The molecule has 2 aliphatic rings. The number of hydrogen-bond donors (Lipinski definition) is 1. The van der Waals surface area contributed by atoms with E-state index in [0.29, 0.717) is 5.41 Å². The van der Waals surface area contributed by atoms with E-state index in [1.165, 1.54) is 27.3 Å². The van der Waals surface area contributed by atoms with Crippen LogP contribution >= 0.6 is 0 Å². The van der Waals surface area contributed by atoms with Gasteiger partial charge in [-0.1, -0.05) is 0 Å². The first-order valence-corrected chi connectivity index (χ1v) is 13.4. The molecule has 0 radical (unpaired) electrons. The van der Waals surface area contributed by atoms with Gasteiger partial charge >= 0.3 is 130 Å². The minimum Gasteiger partial charge on any atom is -1.00 e. The molecule has 2 bridgehead atoms. The van der Waals surface area contributed by atoms with Crippen LogP contribution in [0.3, 0.4) is 0 Å². The SMILES string of the molecule is C[Te+](Cc1ccccc1)CC12CCC(CC1O)C2(C)C.[Br-]. The molecule has 1 N–H and O–H groups in total. The van der Waals surface area contributed by atoms with Crippen molar-refractivity contribution in [2.24, 2.45) is 16.7 Å². The second-order valence-corrected chi connectivity index (χ2v) is 13.5. The van der Waals surface area contributed by atoms with Gasteiger partial charge in [-0.25, -0.2) is 0 Å². The molecule has 1 aromatic carbocycles. The van der Waals surface area contributed by atoms with Gasteiger partial charge in [0.2, 0.25) is 0 Å². The molecular weight excluding hydrogens is 440 g/mol. The standard InChI is InChI=1S/C18H27OTe.BrH/c1-17(2)15-9-10-18(17,16(19)11-15)13-20(3)12-14-7-5-4-6-8-14;/h4-8,15-16,19H,9-13H2,1-3H3;1H/q+1;/p-1. The van der Waals surface area contributed by atoms with Gasteiger partial charge in [0.1, 0.15) is 0 Å². The summed E-state index contributed by atoms with van der Waals surface area (Å²) in [5.41, 5.74) is 2.11. The summed E-state index contributed by atoms with van der Waals surface area (Å²) in [6.07, 6.45) is 3.65. The maximum absolute atomic E-state index is 10.6. The molecule has 21 heavy (non-hydrogen) atoms. The molecule has 2 fully saturated rings. The van der Waals surface area contributed by atoms with Crippen LogP contribution in [0, 0.1) is 16.7 Å². The van der Waals surface area contributed by atoms with Gasteiger partial charge in [0.05, 0.1) is 0 Å². The fourth-order valence-corrected chi connectivity index (χ4v) is 11.7. The van der Waals surface area contributed by atoms with E-state index in [0.717, 1.165) is 12.3 Å². The average molecular weight is 467 g/mol. The second-order valence-electron chi connectivity index (χ2n) is 7.42. The van der Waals surface area contributed by atoms with Crippen molar-refractivity contribution >= 4 is 19.6 Å². The summed E-state index contributed by atoms with van der Waals surface area (Å²) in [4.78, 5) is 2.53. The van der Waals surface area contributed by atoms with Crippen molar-refractivity contribution in [1.82, 2.24) is 0 Å². The number of hydrogen-bond acceptors (Lipinski definition) is 1. The molecule has 0 aliphatic heterocycles. The third-order valence-corrected chi connectivity index (χ3v) is 11.4. The number of aliphatic hydroxyl groups is 1. The molecule has 1 aromatic rings. The van der Waals surface area contributed by atoms with Gasteiger partial charge in [0.15, 0.2) is 0 Å². The van der Waals surface area contributed by atoms with Gasteiger partial charge in [0, 0.05) is 0 Å². The molecule has 0 saturated heterocycles. The Hall–Kier alpha value is 0.450. The van der Waals surface area contributed by atoms with Gasteiger partial charge < -0.3 is 17.0 Å². The van der Waals surface area contributed by atoms with Crippen LogP contribution < -0.4 is 17.0 Å². The van der Waals surface area contributed by atoms with Gasteiger partial charge in [0.25, 0.3) is 0 Å². The molecule has 3 heteroatoms. The zero-order chi connectivity index (χ0) is 14.4. The van der Waals surface area contributed by atoms with Crippen LogP contribution in [0.2, 0.25) is 9.44 Å². The van der Waals surface area contributed by atoms with E-state index in [-0.39, 0.29) is 28.5 Å². The molecule has 2 aliphatic carbocycles. The summed E-state index contributed by atoms with van der Waals surface area (Å²) in [7, 11) is 0. The summed E-state index contributed by atoms with van der Waals surface area (Å²) >= 11 is -1.15. The third kappa shape index (κ3) is 2.97. The predicted molar refractivity (Wildman–Crippen MR) is 86.1 cm³/mol. The molecule has 0 heterocycles. The first-order valence-electron chi connectivity index (χ1n) is 7.77. The van der Waals surface area contributed by atoms with Crippen LogP contribution in [0.1, 0.15) is 38.7 Å². The van der Waals surface area contributed by atoms with E-state index in [1.807, 2.05) is 0 Å². The Bertz CT molecular complexity index is 475. The number of rotatable bonds is 4. The minimum absolute atomic E-state index is 0. The summed E-state index contributed by atoms with van der Waals surface area (Å²) in [6.45, 7) is 4.85. The zero-order valence-corrected chi connectivity index (χ0v) is 17.2. The van der Waals surface area contributed by atoms with Crippen LogP contribution in [-0.4, -0.2) is 30.8 Å². The van der Waals surface area contributed by atoms with Crippen molar-refractivity contribution in [3.63, 3.8) is 0 Å². The molecule has 0 aromatic heterocycles. The van der Waals surface area contributed by atoms with Crippen molar-refractivity contribution < 1.29 is 22.1 Å². The topological polar surface area (TPSA) is 20.2 Å². The Kier molecular flexibility index (Phi) is 5.52. The molecule has 3 atom stereocenters. The predicted octanol–water partition coefficient (Wildman–Crippen LogP) is 1.08. The van der Waals surface area contributed by atoms with E-state index in [9.17, 15) is 5.11 Å². The Labute approximate surface area is 146 Å². The van der Waals surface area contributed by atoms with Crippen molar-refractivity contribution in [1.29, 1.82) is 0 Å². The van der Waals surface area contributed by atoms with Gasteiger partial charge in [-0.05, 0) is 0 Å². The van der Waals surface area contributed by atoms with E-state index in [1.54, 1.807) is 0 Å². The van der Waals surface area contributed by atoms with Crippen molar-refractivity contribution in [2.45, 2.75) is 53.1 Å². The van der Waals surface area contributed by atoms with Crippen LogP contribution in [0.4, 0.5) is 0 Å². The number of benzene rings is 1. The molecule has 2 saturated carbocycles. The average Bonchev–Trinajstić information content (AvgIpc) is 2.74. The molecular formula is C18H27BrOTe. The fourth-order valence-electron chi connectivity index (χ4n) is 4.73. The van der Waals surface area contributed by atoms with E-state index >= 15 is 0 Å². The smallest absolute Gasteiger partial charge is 1.00 e. The molecule has 0 spiro atoms. The van der Waals surface area contributed by atoms with E-state index in [2.05, 4.69) is 49.2 Å².